The summed E-state index contributed by atoms with van der Waals surface area (Å²) in [5, 5.41) is 0. The van der Waals surface area contributed by atoms with E-state index in [1.165, 1.54) is 0 Å². The van der Waals surface area contributed by atoms with Gasteiger partial charge >= 0.3 is 8.25 Å². The molecular formula is C36H29N2O3P. The van der Waals surface area contributed by atoms with Gasteiger partial charge < -0.3 is 9.05 Å². The van der Waals surface area contributed by atoms with Gasteiger partial charge in [-0.2, -0.15) is 0 Å². The highest BCUT2D eigenvalue weighted by Crippen LogP contribution is 2.34. The SMILES string of the molecule is O=[PH](OCc1cc(-c2ccccc2)cnc1-c1ccccc1)OCc1cc(-c2ccccc2)cnc1-c1ccccc1. The van der Waals surface area contributed by atoms with E-state index < -0.39 is 8.25 Å². The van der Waals surface area contributed by atoms with Crippen molar-refractivity contribution in [3.63, 3.8) is 0 Å². The summed E-state index contributed by atoms with van der Waals surface area (Å²) >= 11 is 0. The Morgan fingerprint density at radius 3 is 1.14 bits per heavy atom. The molecule has 0 saturated carbocycles. The van der Waals surface area contributed by atoms with Gasteiger partial charge in [-0.15, -0.1) is 0 Å². The van der Waals surface area contributed by atoms with Gasteiger partial charge in [0.05, 0.1) is 24.6 Å². The van der Waals surface area contributed by atoms with Crippen LogP contribution in [0.25, 0.3) is 44.8 Å². The van der Waals surface area contributed by atoms with Crippen LogP contribution < -0.4 is 0 Å². The molecule has 6 heteroatoms. The summed E-state index contributed by atoms with van der Waals surface area (Å²) < 4.78 is 24.7. The average Bonchev–Trinajstić information content (AvgIpc) is 3.07. The van der Waals surface area contributed by atoms with Gasteiger partial charge in [-0.1, -0.05) is 121 Å². The maximum Gasteiger partial charge on any atom is 0.319 e. The van der Waals surface area contributed by atoms with Crippen LogP contribution in [0.1, 0.15) is 11.1 Å². The predicted octanol–water partition coefficient (Wildman–Crippen LogP) is 9.27. The van der Waals surface area contributed by atoms with Gasteiger partial charge in [-0.05, 0) is 23.3 Å². The average molecular weight is 569 g/mol. The molecule has 42 heavy (non-hydrogen) atoms. The number of hydrogen-bond donors (Lipinski definition) is 0. The number of benzene rings is 4. The van der Waals surface area contributed by atoms with Gasteiger partial charge in [0.1, 0.15) is 0 Å². The summed E-state index contributed by atoms with van der Waals surface area (Å²) in [4.78, 5) is 9.52. The van der Waals surface area contributed by atoms with Crippen LogP contribution in [0, 0.1) is 0 Å². The van der Waals surface area contributed by atoms with E-state index in [-0.39, 0.29) is 13.2 Å². The molecule has 0 aliphatic heterocycles. The summed E-state index contributed by atoms with van der Waals surface area (Å²) in [5.41, 5.74) is 9.21. The first-order valence-corrected chi connectivity index (χ1v) is 15.0. The minimum atomic E-state index is -2.84. The lowest BCUT2D eigenvalue weighted by Gasteiger charge is -2.14. The van der Waals surface area contributed by atoms with E-state index in [9.17, 15) is 4.57 Å². The zero-order valence-corrected chi connectivity index (χ0v) is 23.9. The minimum Gasteiger partial charge on any atom is -0.306 e. The predicted molar refractivity (Wildman–Crippen MR) is 169 cm³/mol. The number of rotatable bonds is 10. The Morgan fingerprint density at radius 2 is 0.786 bits per heavy atom. The highest BCUT2D eigenvalue weighted by Gasteiger charge is 2.14. The lowest BCUT2D eigenvalue weighted by molar-refractivity contribution is 0.213. The number of hydrogen-bond acceptors (Lipinski definition) is 5. The smallest absolute Gasteiger partial charge is 0.306 e. The molecule has 6 aromatic rings. The minimum absolute atomic E-state index is 0.101. The molecule has 0 amide bonds. The zero-order chi connectivity index (χ0) is 28.6. The Balaban J connectivity index is 1.22. The first kappa shape index (κ1) is 27.5. The lowest BCUT2D eigenvalue weighted by Crippen LogP contribution is -1.98. The third kappa shape index (κ3) is 6.62. The molecule has 0 bridgehead atoms. The molecule has 0 unspecified atom stereocenters. The van der Waals surface area contributed by atoms with E-state index in [1.54, 1.807) is 0 Å². The molecule has 0 atom stereocenters. The molecule has 0 radical (unpaired) electrons. The summed E-state index contributed by atoms with van der Waals surface area (Å²) in [5.74, 6) is 0. The molecule has 0 N–H and O–H groups in total. The van der Waals surface area contributed by atoms with Crippen LogP contribution in [0.5, 0.6) is 0 Å². The Labute approximate surface area is 246 Å². The molecule has 5 nitrogen and oxygen atoms in total. The molecule has 4 aromatic carbocycles. The van der Waals surface area contributed by atoms with Crippen molar-refractivity contribution in [2.24, 2.45) is 0 Å². The van der Waals surface area contributed by atoms with Crippen molar-refractivity contribution in [2.45, 2.75) is 13.2 Å². The third-order valence-electron chi connectivity index (χ3n) is 6.93. The molecule has 2 aromatic heterocycles. The standard InChI is InChI=1S/C36H29N2O3P/c39-42(40-25-33-21-31(27-13-5-1-6-14-27)23-37-35(33)29-17-9-3-10-18-29)41-26-34-22-32(28-15-7-2-8-16-28)24-38-36(34)30-19-11-4-12-20-30/h1-24,42H,25-26H2. The first-order valence-electron chi connectivity index (χ1n) is 13.7. The maximum atomic E-state index is 13.1. The second kappa shape index (κ2) is 13.3. The first-order chi connectivity index (χ1) is 20.7. The summed E-state index contributed by atoms with van der Waals surface area (Å²) in [7, 11) is -2.84. The van der Waals surface area contributed by atoms with Gasteiger partial charge in [0.15, 0.2) is 0 Å². The third-order valence-corrected chi connectivity index (χ3v) is 7.69. The normalized spacial score (nSPS) is 11.1. The van der Waals surface area contributed by atoms with Crippen LogP contribution in [0.4, 0.5) is 0 Å². The Morgan fingerprint density at radius 1 is 0.452 bits per heavy atom. The highest BCUT2D eigenvalue weighted by atomic mass is 31.1. The summed E-state index contributed by atoms with van der Waals surface area (Å²) in [6, 6.07) is 44.0. The number of pyridine rings is 2. The van der Waals surface area contributed by atoms with Crippen molar-refractivity contribution in [3.8, 4) is 44.8 Å². The summed E-state index contributed by atoms with van der Waals surface area (Å²) in [6.45, 7) is 0.201. The van der Waals surface area contributed by atoms with Crippen molar-refractivity contribution in [1.29, 1.82) is 0 Å². The Hall–Kier alpha value is -4.67. The molecule has 206 valence electrons. The molecule has 0 saturated heterocycles. The highest BCUT2D eigenvalue weighted by molar-refractivity contribution is 7.33. The molecule has 0 spiro atoms. The number of aromatic nitrogens is 2. The van der Waals surface area contributed by atoms with Crippen LogP contribution >= 0.6 is 8.25 Å². The van der Waals surface area contributed by atoms with Gasteiger partial charge in [0, 0.05) is 45.8 Å². The topological polar surface area (TPSA) is 61.3 Å². The monoisotopic (exact) mass is 568 g/mol. The van der Waals surface area contributed by atoms with E-state index in [2.05, 4.69) is 0 Å². The van der Waals surface area contributed by atoms with E-state index >= 15 is 0 Å². The molecule has 0 aliphatic carbocycles. The molecule has 0 aliphatic rings. The van der Waals surface area contributed by atoms with Crippen LogP contribution in [-0.2, 0) is 26.8 Å². The number of nitrogens with zero attached hydrogens (tertiary/aromatic N) is 2. The fourth-order valence-corrected chi connectivity index (χ4v) is 5.47. The lowest BCUT2D eigenvalue weighted by atomic mass is 10.0. The molecule has 0 fully saturated rings. The van der Waals surface area contributed by atoms with E-state index in [1.807, 2.05) is 146 Å². The van der Waals surface area contributed by atoms with Gasteiger partial charge in [0.25, 0.3) is 0 Å². The van der Waals surface area contributed by atoms with Crippen molar-refractivity contribution in [3.05, 3.63) is 157 Å². The maximum absolute atomic E-state index is 13.1. The Kier molecular flexibility index (Phi) is 8.73. The molecular weight excluding hydrogens is 539 g/mol. The van der Waals surface area contributed by atoms with Crippen LogP contribution in [0.2, 0.25) is 0 Å². The van der Waals surface area contributed by atoms with Crippen LogP contribution in [-0.4, -0.2) is 9.97 Å². The largest absolute Gasteiger partial charge is 0.319 e. The molecule has 6 rings (SSSR count). The van der Waals surface area contributed by atoms with Crippen molar-refractivity contribution in [1.82, 2.24) is 9.97 Å². The van der Waals surface area contributed by atoms with Gasteiger partial charge in [-0.3, -0.25) is 14.5 Å². The fraction of sp³-hybridized carbons (Fsp3) is 0.0556. The van der Waals surface area contributed by atoms with E-state index in [4.69, 9.17) is 19.0 Å². The zero-order valence-electron chi connectivity index (χ0n) is 22.9. The van der Waals surface area contributed by atoms with Crippen molar-refractivity contribution >= 4 is 8.25 Å². The van der Waals surface area contributed by atoms with Crippen molar-refractivity contribution < 1.29 is 13.6 Å². The second-order valence-corrected chi connectivity index (χ2v) is 10.8. The quantitative estimate of drug-likeness (QED) is 0.154. The van der Waals surface area contributed by atoms with Crippen molar-refractivity contribution in [2.75, 3.05) is 0 Å². The van der Waals surface area contributed by atoms with E-state index in [0.29, 0.717) is 0 Å². The molecule has 2 heterocycles. The second-order valence-electron chi connectivity index (χ2n) is 9.75. The van der Waals surface area contributed by atoms with E-state index in [0.717, 1.165) is 55.9 Å². The fourth-order valence-electron chi connectivity index (χ4n) is 4.84. The van der Waals surface area contributed by atoms with Gasteiger partial charge in [0.2, 0.25) is 0 Å². The van der Waals surface area contributed by atoms with Crippen LogP contribution in [0.15, 0.2) is 146 Å². The Bertz CT molecular complexity index is 1650. The summed E-state index contributed by atoms with van der Waals surface area (Å²) in [6.07, 6.45) is 3.72. The van der Waals surface area contributed by atoms with Crippen LogP contribution in [0.3, 0.4) is 0 Å². The van der Waals surface area contributed by atoms with Gasteiger partial charge in [-0.25, -0.2) is 0 Å².